The van der Waals surface area contributed by atoms with Crippen molar-refractivity contribution >= 4 is 23.0 Å². The molecule has 0 atom stereocenters. The molecule has 0 aromatic heterocycles. The average Bonchev–Trinajstić information content (AvgIpc) is 2.48. The summed E-state index contributed by atoms with van der Waals surface area (Å²) in [7, 11) is 0. The van der Waals surface area contributed by atoms with Gasteiger partial charge in [0, 0.05) is 5.69 Å². The maximum absolute atomic E-state index is 13.0. The fourth-order valence-electron chi connectivity index (χ4n) is 2.19. The lowest BCUT2D eigenvalue weighted by atomic mass is 10.1. The minimum atomic E-state index is -0.359. The molecule has 1 N–H and O–H groups in total. The number of amides is 1. The largest absolute Gasteiger partial charge is 0.374 e. The van der Waals surface area contributed by atoms with Crippen LogP contribution < -0.4 is 10.2 Å². The molecule has 3 rings (SSSR count). The average molecular weight is 267 g/mol. The molecule has 0 unspecified atom stereocenters. The molecule has 2 aromatic carbocycles. The molecule has 1 aliphatic rings. The Morgan fingerprint density at radius 3 is 2.65 bits per heavy atom. The van der Waals surface area contributed by atoms with E-state index >= 15 is 0 Å². The standard InChI is InChI=1S/C15H10FN3O/c16-11-2-4-12(5-3-11)19-14-7-10(8-17)1-6-13(14)18-9-15(19)20/h1-7,18H,9H2. The number of nitrogens with one attached hydrogen (secondary N) is 1. The monoisotopic (exact) mass is 267 g/mol. The number of rotatable bonds is 1. The third-order valence-electron chi connectivity index (χ3n) is 3.13. The summed E-state index contributed by atoms with van der Waals surface area (Å²) >= 11 is 0. The van der Waals surface area contributed by atoms with E-state index in [9.17, 15) is 9.18 Å². The molecular weight excluding hydrogens is 257 g/mol. The first-order valence-corrected chi connectivity index (χ1v) is 6.05. The zero-order valence-electron chi connectivity index (χ0n) is 10.4. The number of hydrogen-bond acceptors (Lipinski definition) is 3. The maximum atomic E-state index is 13.0. The highest BCUT2D eigenvalue weighted by molar-refractivity contribution is 6.08. The van der Waals surface area contributed by atoms with E-state index in [-0.39, 0.29) is 18.3 Å². The Kier molecular flexibility index (Phi) is 2.84. The number of halogens is 1. The van der Waals surface area contributed by atoms with E-state index in [0.717, 1.165) is 5.69 Å². The van der Waals surface area contributed by atoms with Crippen molar-refractivity contribution in [3.05, 3.63) is 53.8 Å². The number of nitrogens with zero attached hydrogens (tertiary/aromatic N) is 2. The van der Waals surface area contributed by atoms with Gasteiger partial charge in [0.15, 0.2) is 0 Å². The van der Waals surface area contributed by atoms with Gasteiger partial charge in [0.25, 0.3) is 5.91 Å². The topological polar surface area (TPSA) is 56.1 Å². The second-order valence-corrected chi connectivity index (χ2v) is 4.40. The summed E-state index contributed by atoms with van der Waals surface area (Å²) in [6.45, 7) is 0.163. The molecule has 4 nitrogen and oxygen atoms in total. The van der Waals surface area contributed by atoms with Gasteiger partial charge in [-0.25, -0.2) is 4.39 Å². The molecule has 5 heteroatoms. The van der Waals surface area contributed by atoms with Crippen molar-refractivity contribution in [1.82, 2.24) is 0 Å². The van der Waals surface area contributed by atoms with Crippen LogP contribution in [0.2, 0.25) is 0 Å². The minimum absolute atomic E-state index is 0.154. The highest BCUT2D eigenvalue weighted by Gasteiger charge is 2.25. The van der Waals surface area contributed by atoms with Crippen LogP contribution in [0, 0.1) is 17.1 Å². The molecule has 0 saturated carbocycles. The van der Waals surface area contributed by atoms with Gasteiger partial charge in [0.05, 0.1) is 29.6 Å². The number of carbonyl (C=O) groups excluding carboxylic acids is 1. The van der Waals surface area contributed by atoms with Crippen LogP contribution in [0.5, 0.6) is 0 Å². The van der Waals surface area contributed by atoms with Gasteiger partial charge in [0.2, 0.25) is 0 Å². The number of benzene rings is 2. The summed E-state index contributed by atoms with van der Waals surface area (Å²) in [6, 6.07) is 12.8. The van der Waals surface area contributed by atoms with Crippen LogP contribution in [0.1, 0.15) is 5.56 Å². The summed E-state index contributed by atoms with van der Waals surface area (Å²) in [5, 5.41) is 12.0. The molecule has 20 heavy (non-hydrogen) atoms. The zero-order valence-corrected chi connectivity index (χ0v) is 10.4. The van der Waals surface area contributed by atoms with Crippen LogP contribution in [0.4, 0.5) is 21.5 Å². The van der Waals surface area contributed by atoms with Gasteiger partial charge in [0.1, 0.15) is 5.82 Å². The Morgan fingerprint density at radius 1 is 1.20 bits per heavy atom. The van der Waals surface area contributed by atoms with E-state index in [0.29, 0.717) is 16.9 Å². The van der Waals surface area contributed by atoms with Crippen molar-refractivity contribution in [2.75, 3.05) is 16.8 Å². The third-order valence-corrected chi connectivity index (χ3v) is 3.13. The second-order valence-electron chi connectivity index (χ2n) is 4.40. The molecule has 0 saturated heterocycles. The predicted octanol–water partition coefficient (Wildman–Crippen LogP) is 2.79. The summed E-state index contributed by atoms with van der Waals surface area (Å²) in [5.74, 6) is -0.512. The molecule has 2 aromatic rings. The van der Waals surface area contributed by atoms with Gasteiger partial charge in [-0.05, 0) is 42.5 Å². The first-order chi connectivity index (χ1) is 9.69. The Morgan fingerprint density at radius 2 is 1.95 bits per heavy atom. The van der Waals surface area contributed by atoms with Gasteiger partial charge in [-0.2, -0.15) is 5.26 Å². The normalized spacial score (nSPS) is 13.4. The fraction of sp³-hybridized carbons (Fsp3) is 0.0667. The predicted molar refractivity (Wildman–Crippen MR) is 73.2 cm³/mol. The maximum Gasteiger partial charge on any atom is 0.250 e. The number of nitriles is 1. The van der Waals surface area contributed by atoms with E-state index in [4.69, 9.17) is 5.26 Å². The quantitative estimate of drug-likeness (QED) is 0.864. The lowest BCUT2D eigenvalue weighted by Crippen LogP contribution is -2.36. The molecule has 0 radical (unpaired) electrons. The molecule has 0 spiro atoms. The van der Waals surface area contributed by atoms with Crippen LogP contribution in [0.15, 0.2) is 42.5 Å². The summed E-state index contributed by atoms with van der Waals surface area (Å²) in [6.07, 6.45) is 0. The van der Waals surface area contributed by atoms with Crippen molar-refractivity contribution in [2.24, 2.45) is 0 Å². The first kappa shape index (κ1) is 12.2. The second kappa shape index (κ2) is 4.67. The lowest BCUT2D eigenvalue weighted by Gasteiger charge is -2.30. The first-order valence-electron chi connectivity index (χ1n) is 6.05. The van der Waals surface area contributed by atoms with E-state index in [1.807, 2.05) is 6.07 Å². The van der Waals surface area contributed by atoms with Gasteiger partial charge >= 0.3 is 0 Å². The molecule has 0 bridgehead atoms. The Labute approximate surface area is 115 Å². The summed E-state index contributed by atoms with van der Waals surface area (Å²) < 4.78 is 13.0. The Hall–Kier alpha value is -2.87. The molecule has 0 fully saturated rings. The molecule has 0 aliphatic carbocycles. The van der Waals surface area contributed by atoms with Crippen LogP contribution in [0.25, 0.3) is 0 Å². The van der Waals surface area contributed by atoms with Gasteiger partial charge < -0.3 is 5.32 Å². The van der Waals surface area contributed by atoms with Gasteiger partial charge in [-0.3, -0.25) is 9.69 Å². The van der Waals surface area contributed by atoms with Crippen LogP contribution in [-0.4, -0.2) is 12.5 Å². The van der Waals surface area contributed by atoms with Gasteiger partial charge in [-0.15, -0.1) is 0 Å². The molecule has 98 valence electrons. The molecular formula is C15H10FN3O. The molecule has 1 heterocycles. The Balaban J connectivity index is 2.14. The van der Waals surface area contributed by atoms with E-state index in [2.05, 4.69) is 5.32 Å². The number of hydrogen-bond donors (Lipinski definition) is 1. The highest BCUT2D eigenvalue weighted by atomic mass is 19.1. The van der Waals surface area contributed by atoms with E-state index < -0.39 is 0 Å². The number of carbonyl (C=O) groups is 1. The zero-order chi connectivity index (χ0) is 14.1. The smallest absolute Gasteiger partial charge is 0.250 e. The van der Waals surface area contributed by atoms with Crippen molar-refractivity contribution in [3.8, 4) is 6.07 Å². The van der Waals surface area contributed by atoms with Crippen LogP contribution >= 0.6 is 0 Å². The van der Waals surface area contributed by atoms with Gasteiger partial charge in [-0.1, -0.05) is 0 Å². The van der Waals surface area contributed by atoms with E-state index in [1.54, 1.807) is 30.3 Å². The van der Waals surface area contributed by atoms with Crippen molar-refractivity contribution < 1.29 is 9.18 Å². The number of anilines is 3. The van der Waals surface area contributed by atoms with Crippen molar-refractivity contribution in [1.29, 1.82) is 5.26 Å². The van der Waals surface area contributed by atoms with Crippen LogP contribution in [-0.2, 0) is 4.79 Å². The van der Waals surface area contributed by atoms with E-state index in [1.165, 1.54) is 17.0 Å². The van der Waals surface area contributed by atoms with Crippen molar-refractivity contribution in [3.63, 3.8) is 0 Å². The summed E-state index contributed by atoms with van der Waals surface area (Å²) in [4.78, 5) is 13.6. The van der Waals surface area contributed by atoms with Crippen molar-refractivity contribution in [2.45, 2.75) is 0 Å². The fourth-order valence-corrected chi connectivity index (χ4v) is 2.19. The lowest BCUT2D eigenvalue weighted by molar-refractivity contribution is -0.116. The minimum Gasteiger partial charge on any atom is -0.374 e. The number of fused-ring (bicyclic) bond motifs is 1. The third kappa shape index (κ3) is 1.97. The summed E-state index contributed by atoms with van der Waals surface area (Å²) in [5.41, 5.74) is 2.42. The van der Waals surface area contributed by atoms with Crippen LogP contribution in [0.3, 0.4) is 0 Å². The highest BCUT2D eigenvalue weighted by Crippen LogP contribution is 2.35. The SMILES string of the molecule is N#Cc1ccc2c(c1)N(c1ccc(F)cc1)C(=O)CN2. The molecule has 1 aliphatic heterocycles. The Bertz CT molecular complexity index is 719. The molecule has 1 amide bonds.